The molecule has 0 unspecified atom stereocenters. The summed E-state index contributed by atoms with van der Waals surface area (Å²) >= 11 is 3.61. The van der Waals surface area contributed by atoms with Crippen LogP contribution in [0, 0.1) is 0 Å². The normalized spacial score (nSPS) is 19.1. The Morgan fingerprint density at radius 2 is 1.82 bits per heavy atom. The molecule has 0 bridgehead atoms. The number of rotatable bonds is 2. The molecule has 1 heterocycles. The molecule has 3 heteroatoms. The molecule has 1 aromatic heterocycles. The van der Waals surface area contributed by atoms with Crippen molar-refractivity contribution in [1.29, 1.82) is 0 Å². The summed E-state index contributed by atoms with van der Waals surface area (Å²) in [6, 6.07) is 8.60. The van der Waals surface area contributed by atoms with Crippen LogP contribution in [-0.2, 0) is 12.8 Å². The molecular formula is C19H23BrN2. The fourth-order valence-electron chi connectivity index (χ4n) is 4.18. The van der Waals surface area contributed by atoms with Gasteiger partial charge in [0.05, 0.1) is 17.1 Å². The van der Waals surface area contributed by atoms with E-state index in [-0.39, 0.29) is 0 Å². The van der Waals surface area contributed by atoms with Gasteiger partial charge in [0.15, 0.2) is 0 Å². The number of hydrogen-bond acceptors (Lipinski definition) is 1. The maximum atomic E-state index is 5.03. The second kappa shape index (κ2) is 6.19. The highest BCUT2D eigenvalue weighted by Crippen LogP contribution is 2.38. The van der Waals surface area contributed by atoms with Crippen molar-refractivity contribution >= 4 is 15.9 Å². The Bertz CT molecular complexity index is 668. The second-order valence-corrected chi connectivity index (χ2v) is 7.66. The zero-order valence-corrected chi connectivity index (χ0v) is 14.6. The van der Waals surface area contributed by atoms with Crippen LogP contribution in [0.15, 0.2) is 28.7 Å². The third kappa shape index (κ3) is 2.64. The molecule has 116 valence electrons. The molecule has 0 N–H and O–H groups in total. The molecule has 1 aromatic carbocycles. The van der Waals surface area contributed by atoms with Gasteiger partial charge in [-0.15, -0.1) is 0 Å². The van der Waals surface area contributed by atoms with Crippen molar-refractivity contribution in [2.24, 2.45) is 0 Å². The van der Waals surface area contributed by atoms with Gasteiger partial charge in [0, 0.05) is 10.4 Å². The molecule has 0 aliphatic heterocycles. The smallest absolute Gasteiger partial charge is 0.0664 e. The van der Waals surface area contributed by atoms with Gasteiger partial charge in [0.2, 0.25) is 0 Å². The molecule has 1 saturated carbocycles. The van der Waals surface area contributed by atoms with Crippen LogP contribution in [0.1, 0.15) is 67.8 Å². The van der Waals surface area contributed by atoms with Crippen LogP contribution in [0.2, 0.25) is 0 Å². The van der Waals surface area contributed by atoms with Crippen molar-refractivity contribution in [3.05, 3.63) is 45.7 Å². The lowest BCUT2D eigenvalue weighted by Crippen LogP contribution is -2.13. The first kappa shape index (κ1) is 14.5. The highest BCUT2D eigenvalue weighted by Gasteiger charge is 2.28. The van der Waals surface area contributed by atoms with Gasteiger partial charge in [0.25, 0.3) is 0 Å². The number of hydrogen-bond donors (Lipinski definition) is 0. The highest BCUT2D eigenvalue weighted by atomic mass is 79.9. The predicted molar refractivity (Wildman–Crippen MR) is 93.7 cm³/mol. The topological polar surface area (TPSA) is 17.8 Å². The second-order valence-electron chi connectivity index (χ2n) is 6.74. The minimum atomic E-state index is 0.710. The average molecular weight is 359 g/mol. The Kier molecular flexibility index (Phi) is 4.08. The van der Waals surface area contributed by atoms with Crippen LogP contribution >= 0.6 is 15.9 Å². The number of benzene rings is 1. The quantitative estimate of drug-likeness (QED) is 0.686. The molecule has 0 spiro atoms. The van der Waals surface area contributed by atoms with Gasteiger partial charge in [-0.1, -0.05) is 41.3 Å². The van der Waals surface area contributed by atoms with E-state index < -0.39 is 0 Å². The van der Waals surface area contributed by atoms with Gasteiger partial charge >= 0.3 is 0 Å². The van der Waals surface area contributed by atoms with Gasteiger partial charge in [-0.05, 0) is 62.3 Å². The van der Waals surface area contributed by atoms with Gasteiger partial charge in [-0.2, -0.15) is 5.10 Å². The summed E-state index contributed by atoms with van der Waals surface area (Å²) in [4.78, 5) is 0. The fraction of sp³-hybridized carbons (Fsp3) is 0.526. The largest absolute Gasteiger partial charge is 0.237 e. The zero-order valence-electron chi connectivity index (χ0n) is 13.0. The van der Waals surface area contributed by atoms with Crippen molar-refractivity contribution < 1.29 is 0 Å². The molecule has 1 fully saturated rings. The van der Waals surface area contributed by atoms with E-state index in [1.807, 2.05) is 0 Å². The maximum absolute atomic E-state index is 5.03. The van der Waals surface area contributed by atoms with E-state index in [1.54, 1.807) is 5.56 Å². The maximum Gasteiger partial charge on any atom is 0.0664 e. The summed E-state index contributed by atoms with van der Waals surface area (Å²) in [6.07, 6.45) is 11.9. The van der Waals surface area contributed by atoms with E-state index in [1.165, 1.54) is 68.4 Å². The van der Waals surface area contributed by atoms with Crippen molar-refractivity contribution in [2.45, 2.75) is 63.7 Å². The predicted octanol–water partition coefficient (Wildman–Crippen LogP) is 5.56. The van der Waals surface area contributed by atoms with Crippen LogP contribution in [0.5, 0.6) is 0 Å². The number of aromatic nitrogens is 2. The standard InChI is InChI=1S/C19H23BrN2/c20-15-9-6-10-16(13-15)22-19(14-7-2-1-3-8-14)17-11-4-5-12-18(17)21-22/h6,9-10,13-14H,1-5,7-8,11-12H2. The van der Waals surface area contributed by atoms with Gasteiger partial charge < -0.3 is 0 Å². The highest BCUT2D eigenvalue weighted by molar-refractivity contribution is 9.10. The van der Waals surface area contributed by atoms with E-state index in [4.69, 9.17) is 5.10 Å². The van der Waals surface area contributed by atoms with E-state index in [0.29, 0.717) is 5.92 Å². The Balaban J connectivity index is 1.84. The lowest BCUT2D eigenvalue weighted by Gasteiger charge is -2.25. The van der Waals surface area contributed by atoms with Crippen molar-refractivity contribution in [1.82, 2.24) is 9.78 Å². The van der Waals surface area contributed by atoms with Crippen LogP contribution in [0.25, 0.3) is 5.69 Å². The average Bonchev–Trinajstić information content (AvgIpc) is 2.95. The lowest BCUT2D eigenvalue weighted by molar-refractivity contribution is 0.427. The van der Waals surface area contributed by atoms with Gasteiger partial charge in [0.1, 0.15) is 0 Å². The molecule has 2 aliphatic carbocycles. The van der Waals surface area contributed by atoms with Crippen LogP contribution < -0.4 is 0 Å². The summed E-state index contributed by atoms with van der Waals surface area (Å²) in [5.74, 6) is 0.710. The zero-order chi connectivity index (χ0) is 14.9. The molecule has 0 saturated heterocycles. The van der Waals surface area contributed by atoms with Crippen LogP contribution in [-0.4, -0.2) is 9.78 Å². The van der Waals surface area contributed by atoms with E-state index in [0.717, 1.165) is 10.9 Å². The Morgan fingerprint density at radius 1 is 1.00 bits per heavy atom. The molecule has 2 nitrogen and oxygen atoms in total. The molecular weight excluding hydrogens is 336 g/mol. The first-order valence-corrected chi connectivity index (χ1v) is 9.49. The summed E-state index contributed by atoms with van der Waals surface area (Å²) in [6.45, 7) is 0. The van der Waals surface area contributed by atoms with Crippen LogP contribution in [0.4, 0.5) is 0 Å². The number of aryl methyl sites for hydroxylation is 1. The van der Waals surface area contributed by atoms with E-state index in [9.17, 15) is 0 Å². The van der Waals surface area contributed by atoms with Gasteiger partial charge in [-0.25, -0.2) is 4.68 Å². The van der Waals surface area contributed by atoms with Crippen molar-refractivity contribution in [3.63, 3.8) is 0 Å². The van der Waals surface area contributed by atoms with E-state index in [2.05, 4.69) is 44.9 Å². The first-order chi connectivity index (χ1) is 10.8. The van der Waals surface area contributed by atoms with Gasteiger partial charge in [-0.3, -0.25) is 0 Å². The molecule has 0 amide bonds. The first-order valence-electron chi connectivity index (χ1n) is 8.69. The van der Waals surface area contributed by atoms with Crippen molar-refractivity contribution in [2.75, 3.05) is 0 Å². The summed E-state index contributed by atoms with van der Waals surface area (Å²) in [5.41, 5.74) is 5.70. The lowest BCUT2D eigenvalue weighted by atomic mass is 9.83. The monoisotopic (exact) mass is 358 g/mol. The third-order valence-electron chi connectivity index (χ3n) is 5.24. The minimum Gasteiger partial charge on any atom is -0.237 e. The molecule has 0 radical (unpaired) electrons. The number of fused-ring (bicyclic) bond motifs is 1. The minimum absolute atomic E-state index is 0.710. The number of nitrogens with zero attached hydrogens (tertiary/aromatic N) is 2. The summed E-state index contributed by atoms with van der Waals surface area (Å²) < 4.78 is 3.41. The Morgan fingerprint density at radius 3 is 2.64 bits per heavy atom. The number of halogens is 1. The Hall–Kier alpha value is -1.09. The summed E-state index contributed by atoms with van der Waals surface area (Å²) in [7, 11) is 0. The van der Waals surface area contributed by atoms with Crippen LogP contribution in [0.3, 0.4) is 0 Å². The molecule has 4 rings (SSSR count). The van der Waals surface area contributed by atoms with Crippen molar-refractivity contribution in [3.8, 4) is 5.69 Å². The summed E-state index contributed by atoms with van der Waals surface area (Å²) in [5, 5.41) is 5.03. The SMILES string of the molecule is Brc1cccc(-n2nc3c(c2C2CCCCC2)CCCC3)c1. The van der Waals surface area contributed by atoms with E-state index >= 15 is 0 Å². The molecule has 2 aromatic rings. The molecule has 2 aliphatic rings. The third-order valence-corrected chi connectivity index (χ3v) is 5.73. The fourth-order valence-corrected chi connectivity index (χ4v) is 4.57. The molecule has 22 heavy (non-hydrogen) atoms. The molecule has 0 atom stereocenters. The Labute approximate surface area is 141 Å².